The van der Waals surface area contributed by atoms with Gasteiger partial charge in [-0.05, 0) is 6.92 Å². The van der Waals surface area contributed by atoms with Gasteiger partial charge < -0.3 is 0 Å². The van der Waals surface area contributed by atoms with E-state index in [2.05, 4.69) is 188 Å². The topological polar surface area (TPSA) is 0 Å². The second-order valence-electron chi connectivity index (χ2n) is 2.39. The Bertz CT molecular complexity index is 177. The van der Waals surface area contributed by atoms with Gasteiger partial charge in [0.15, 0.2) is 0 Å². The molecule has 0 nitrogen and oxygen atoms in total. The fourth-order valence-electron chi connectivity index (χ4n) is 0.430. The van der Waals surface area contributed by atoms with Gasteiger partial charge in [-0.1, -0.05) is 181 Å². The number of alkyl halides is 8. The van der Waals surface area contributed by atoms with Crippen molar-refractivity contribution >= 4 is 181 Å². The first-order chi connectivity index (χ1) is 5.44. The van der Waals surface area contributed by atoms with Crippen LogP contribution < -0.4 is 0 Å². The summed E-state index contributed by atoms with van der Waals surface area (Å²) in [6.45, 7) is 2.29. The van der Waals surface area contributed by atoms with Gasteiger partial charge in [-0.15, -0.1) is 0 Å². The molecular formula is C5H4I8. The minimum absolute atomic E-state index is 0.227. The molecule has 0 atom stereocenters. The molecule has 0 N–H and O–H groups in total. The molecule has 0 aromatic rings. The maximum atomic E-state index is 2.59. The van der Waals surface area contributed by atoms with Gasteiger partial charge in [0.05, 0.1) is 3.36 Å². The first kappa shape index (κ1) is 18.8. The predicted octanol–water partition coefficient (Wildman–Crippen LogP) is 6.90. The zero-order valence-corrected chi connectivity index (χ0v) is 23.4. The summed E-state index contributed by atoms with van der Waals surface area (Å²) in [6, 6.07) is 0. The summed E-state index contributed by atoms with van der Waals surface area (Å²) in [7, 11) is 0. The lowest BCUT2D eigenvalue weighted by Crippen LogP contribution is -2.48. The fourth-order valence-corrected chi connectivity index (χ4v) is 8.36. The van der Waals surface area contributed by atoms with E-state index in [4.69, 9.17) is 0 Å². The molecule has 0 heterocycles. The summed E-state index contributed by atoms with van der Waals surface area (Å²) in [5.41, 5.74) is 0. The molecule has 0 bridgehead atoms. The Hall–Kier alpha value is 5.84. The minimum atomic E-state index is 0.227. The van der Waals surface area contributed by atoms with E-state index in [9.17, 15) is 0 Å². The molecule has 0 amide bonds. The molecule has 0 aromatic carbocycles. The van der Waals surface area contributed by atoms with Crippen LogP contribution in [0.3, 0.4) is 0 Å². The van der Waals surface area contributed by atoms with Crippen molar-refractivity contribution in [1.82, 2.24) is 0 Å². The van der Waals surface area contributed by atoms with Crippen LogP contribution in [0.25, 0.3) is 0 Å². The highest BCUT2D eigenvalue weighted by molar-refractivity contribution is 14.2. The third-order valence-electron chi connectivity index (χ3n) is 1.24. The van der Waals surface area contributed by atoms with Crippen LogP contribution in [0.4, 0.5) is 0 Å². The highest BCUT2D eigenvalue weighted by Crippen LogP contribution is 2.64. The van der Waals surface area contributed by atoms with Crippen molar-refractivity contribution in [2.75, 3.05) is 0 Å². The molecule has 0 aliphatic carbocycles. The second-order valence-corrected chi connectivity index (χ2v) is 24.4. The molecule has 0 unspecified atom stereocenters. The van der Waals surface area contributed by atoms with Crippen LogP contribution in [0.1, 0.15) is 6.92 Å². The Morgan fingerprint density at radius 2 is 1.15 bits per heavy atom. The van der Waals surface area contributed by atoms with Crippen LogP contribution in [0.5, 0.6) is 0 Å². The Morgan fingerprint density at radius 1 is 0.846 bits per heavy atom. The maximum absolute atomic E-state index is 2.59. The number of hydrogen-bond donors (Lipinski definition) is 0. The molecule has 13 heavy (non-hydrogen) atoms. The lowest BCUT2D eigenvalue weighted by Gasteiger charge is -2.43. The van der Waals surface area contributed by atoms with E-state index in [1.807, 2.05) is 0 Å². The van der Waals surface area contributed by atoms with Crippen LogP contribution in [0, 0.1) is 0 Å². The first-order valence-electron chi connectivity index (χ1n) is 2.86. The van der Waals surface area contributed by atoms with E-state index in [-0.39, 0.29) is 4.29 Å². The summed E-state index contributed by atoms with van der Waals surface area (Å²) < 4.78 is 1.34. The van der Waals surface area contributed by atoms with Gasteiger partial charge in [-0.25, -0.2) is 0 Å². The highest BCUT2D eigenvalue weighted by Gasteiger charge is 2.57. The lowest BCUT2D eigenvalue weighted by atomic mass is 10.3. The third kappa shape index (κ3) is 5.03. The quantitative estimate of drug-likeness (QED) is 0.214. The number of rotatable bonds is 3. The smallest absolute Gasteiger partial charge is 0.0686 e. The number of hydrogen-bond acceptors (Lipinski definition) is 0. The van der Waals surface area contributed by atoms with Crippen molar-refractivity contribution in [3.63, 3.8) is 0 Å². The molecule has 0 aliphatic rings. The first-order valence-corrected chi connectivity index (χ1v) is 11.8. The molecule has 0 rings (SSSR count). The van der Waals surface area contributed by atoms with Crippen molar-refractivity contribution in [2.24, 2.45) is 0 Å². The van der Waals surface area contributed by atoms with Crippen LogP contribution >= 0.6 is 181 Å². The van der Waals surface area contributed by atoms with Crippen molar-refractivity contribution in [1.29, 1.82) is 0 Å². The molecule has 8 heteroatoms. The van der Waals surface area contributed by atoms with Gasteiger partial charge >= 0.3 is 0 Å². The van der Waals surface area contributed by atoms with Gasteiger partial charge in [-0.3, -0.25) is 0 Å². The molecule has 0 aliphatic heterocycles. The molecule has 0 aromatic heterocycles. The van der Waals surface area contributed by atoms with Crippen molar-refractivity contribution in [3.8, 4) is 0 Å². The summed E-state index contributed by atoms with van der Waals surface area (Å²) in [5.74, 6) is 0. The SMILES string of the molecule is CC(I)(I)C(I)(I)C(I)(I)C(I)I. The van der Waals surface area contributed by atoms with E-state index in [0.29, 0.717) is 1.93 Å². The fraction of sp³-hybridized carbons (Fsp3) is 1.00. The Labute approximate surface area is 188 Å². The molecule has 80 valence electrons. The summed E-state index contributed by atoms with van der Waals surface area (Å²) in [4.78, 5) is 0. The molecule has 0 saturated heterocycles. The van der Waals surface area contributed by atoms with Gasteiger partial charge in [0.1, 0.15) is 2.86 Å². The molecule has 0 radical (unpaired) electrons. The maximum Gasteiger partial charge on any atom is 0.122 e. The van der Waals surface area contributed by atoms with Crippen LogP contribution in [0.15, 0.2) is 0 Å². The predicted molar refractivity (Wildman–Crippen MR) is 130 cm³/mol. The zero-order valence-electron chi connectivity index (χ0n) is 6.10. The number of halogens is 8. The summed E-state index contributed by atoms with van der Waals surface area (Å²) in [6.07, 6.45) is 0. The summed E-state index contributed by atoms with van der Waals surface area (Å²) in [5, 5.41) is 0. The van der Waals surface area contributed by atoms with E-state index in [0.717, 1.165) is 0 Å². The highest BCUT2D eigenvalue weighted by atomic mass is 127. The Balaban J connectivity index is 5.04. The van der Waals surface area contributed by atoms with Crippen molar-refractivity contribution < 1.29 is 0 Å². The third-order valence-corrected chi connectivity index (χ3v) is 24.5. The van der Waals surface area contributed by atoms with Crippen LogP contribution in [0.2, 0.25) is 0 Å². The molecular weight excluding hydrogens is 1080 g/mol. The van der Waals surface area contributed by atoms with Crippen LogP contribution in [-0.2, 0) is 0 Å². The van der Waals surface area contributed by atoms with Crippen molar-refractivity contribution in [2.45, 2.75) is 13.1 Å². The van der Waals surface area contributed by atoms with E-state index in [1.165, 1.54) is 0 Å². The standard InChI is InChI=1S/C5H4I8/c1-3(8,9)5(12,13)4(10,11)2(6)7/h2H,1H3. The van der Waals surface area contributed by atoms with Gasteiger partial charge in [0.25, 0.3) is 0 Å². The normalized spacial score (nSPS) is 15.2. The lowest BCUT2D eigenvalue weighted by molar-refractivity contribution is 0.842. The minimum Gasteiger partial charge on any atom is -0.0686 e. The second kappa shape index (κ2) is 7.02. The Kier molecular flexibility index (Phi) is 10.2. The van der Waals surface area contributed by atoms with Crippen LogP contribution in [-0.4, -0.2) is 6.22 Å². The van der Waals surface area contributed by atoms with E-state index >= 15 is 0 Å². The van der Waals surface area contributed by atoms with Gasteiger partial charge in [-0.2, -0.15) is 0 Å². The zero-order chi connectivity index (χ0) is 11.1. The van der Waals surface area contributed by atoms with E-state index in [1.54, 1.807) is 0 Å². The molecule has 0 saturated carbocycles. The monoisotopic (exact) mass is 1080 g/mol. The van der Waals surface area contributed by atoms with Crippen molar-refractivity contribution in [3.05, 3.63) is 0 Å². The average Bonchev–Trinajstić information content (AvgIpc) is 1.84. The van der Waals surface area contributed by atoms with Gasteiger partial charge in [0, 0.05) is 0 Å². The molecule has 0 fully saturated rings. The molecule has 0 spiro atoms. The van der Waals surface area contributed by atoms with E-state index < -0.39 is 0 Å². The Morgan fingerprint density at radius 3 is 1.23 bits per heavy atom. The largest absolute Gasteiger partial charge is 0.122 e. The summed E-state index contributed by atoms with van der Waals surface area (Å²) >= 11 is 20.4. The van der Waals surface area contributed by atoms with Gasteiger partial charge in [0.2, 0.25) is 0 Å². The average molecular weight is 1080 g/mol.